The maximum absolute atomic E-state index is 5.48. The summed E-state index contributed by atoms with van der Waals surface area (Å²) in [6.07, 6.45) is 1.86. The zero-order valence-corrected chi connectivity index (χ0v) is 21.1. The van der Waals surface area contributed by atoms with Crippen molar-refractivity contribution < 1.29 is 9.47 Å². The Morgan fingerprint density at radius 3 is 2.39 bits per heavy atom. The smallest absolute Gasteiger partial charge is 0.191 e. The minimum atomic E-state index is 0. The fourth-order valence-corrected chi connectivity index (χ4v) is 3.45. The number of nitrogens with zero attached hydrogens (tertiary/aromatic N) is 4. The number of anilines is 1. The summed E-state index contributed by atoms with van der Waals surface area (Å²) in [6.45, 7) is 5.32. The molecular weight excluding hydrogens is 507 g/mol. The first kappa shape index (κ1) is 25.0. The van der Waals surface area contributed by atoms with E-state index in [2.05, 4.69) is 43.5 Å². The number of hydrogen-bond acceptors (Lipinski definition) is 6. The number of likely N-dealkylation sites (N-methyl/N-ethyl adjacent to an activating group) is 1. The molecule has 0 amide bonds. The quantitative estimate of drug-likeness (QED) is 0.318. The van der Waals surface area contributed by atoms with Crippen LogP contribution in [0, 0.1) is 0 Å². The number of nitrogens with one attached hydrogen (secondary N) is 2. The van der Waals surface area contributed by atoms with Crippen LogP contribution in [0.25, 0.3) is 0 Å². The van der Waals surface area contributed by atoms with Crippen molar-refractivity contribution in [2.24, 2.45) is 4.99 Å². The highest BCUT2D eigenvalue weighted by molar-refractivity contribution is 14.0. The van der Waals surface area contributed by atoms with Crippen LogP contribution in [0.2, 0.25) is 0 Å². The number of pyridine rings is 1. The molecule has 170 valence electrons. The van der Waals surface area contributed by atoms with Crippen LogP contribution in [0.5, 0.6) is 11.5 Å². The molecule has 0 unspecified atom stereocenters. The summed E-state index contributed by atoms with van der Waals surface area (Å²) in [6, 6.07) is 9.89. The Bertz CT molecular complexity index is 856. The molecule has 0 aliphatic carbocycles. The number of benzene rings is 1. The molecule has 9 heteroatoms. The zero-order valence-electron chi connectivity index (χ0n) is 18.7. The van der Waals surface area contributed by atoms with Crippen molar-refractivity contribution in [1.82, 2.24) is 20.5 Å². The van der Waals surface area contributed by atoms with Gasteiger partial charge in [0.15, 0.2) is 5.96 Å². The number of ether oxygens (including phenoxy) is 2. The number of hydrogen-bond donors (Lipinski definition) is 2. The summed E-state index contributed by atoms with van der Waals surface area (Å²) in [5, 5.41) is 6.75. The van der Waals surface area contributed by atoms with Gasteiger partial charge in [-0.3, -0.25) is 4.99 Å². The van der Waals surface area contributed by atoms with Crippen LogP contribution in [-0.4, -0.2) is 70.3 Å². The highest BCUT2D eigenvalue weighted by atomic mass is 127. The first-order valence-electron chi connectivity index (χ1n) is 10.2. The van der Waals surface area contributed by atoms with E-state index in [1.165, 1.54) is 0 Å². The Morgan fingerprint density at radius 2 is 1.74 bits per heavy atom. The molecular formula is C22H33IN6O2. The van der Waals surface area contributed by atoms with Crippen LogP contribution >= 0.6 is 24.0 Å². The fourth-order valence-electron chi connectivity index (χ4n) is 3.45. The molecule has 2 heterocycles. The molecule has 2 N–H and O–H groups in total. The van der Waals surface area contributed by atoms with E-state index in [0.29, 0.717) is 13.1 Å². The fraction of sp³-hybridized carbons (Fsp3) is 0.455. The normalized spacial score (nSPS) is 14.6. The van der Waals surface area contributed by atoms with Gasteiger partial charge in [-0.1, -0.05) is 6.07 Å². The summed E-state index contributed by atoms with van der Waals surface area (Å²) in [7, 11) is 7.23. The van der Waals surface area contributed by atoms with Crippen molar-refractivity contribution in [2.45, 2.75) is 13.1 Å². The molecule has 0 atom stereocenters. The molecule has 3 rings (SSSR count). The van der Waals surface area contributed by atoms with E-state index in [0.717, 1.165) is 60.6 Å². The largest absolute Gasteiger partial charge is 0.497 e. The number of piperazine rings is 1. The van der Waals surface area contributed by atoms with Crippen molar-refractivity contribution in [3.8, 4) is 11.5 Å². The second-order valence-electron chi connectivity index (χ2n) is 7.23. The highest BCUT2D eigenvalue weighted by Gasteiger charge is 2.18. The van der Waals surface area contributed by atoms with Crippen molar-refractivity contribution >= 4 is 35.8 Å². The second-order valence-corrected chi connectivity index (χ2v) is 7.23. The van der Waals surface area contributed by atoms with E-state index in [1.807, 2.05) is 30.5 Å². The SMILES string of the molecule is CN=C(NCc1ccc(OC)cc1OC)NCc1cccnc1N1CCN(C)CC1.I. The van der Waals surface area contributed by atoms with Crippen LogP contribution in [0.4, 0.5) is 5.82 Å². The molecule has 2 aromatic rings. The Kier molecular flexibility index (Phi) is 10.1. The molecule has 0 spiro atoms. The monoisotopic (exact) mass is 540 g/mol. The molecule has 1 aliphatic rings. The number of halogens is 1. The number of rotatable bonds is 7. The number of methoxy groups -OCH3 is 2. The lowest BCUT2D eigenvalue weighted by molar-refractivity contribution is 0.312. The highest BCUT2D eigenvalue weighted by Crippen LogP contribution is 2.24. The van der Waals surface area contributed by atoms with E-state index in [-0.39, 0.29) is 24.0 Å². The molecule has 1 fully saturated rings. The average molecular weight is 540 g/mol. The number of aliphatic imine (C=N–C) groups is 1. The van der Waals surface area contributed by atoms with Gasteiger partial charge in [0.25, 0.3) is 0 Å². The van der Waals surface area contributed by atoms with Crippen LogP contribution in [0.15, 0.2) is 41.5 Å². The van der Waals surface area contributed by atoms with E-state index >= 15 is 0 Å². The van der Waals surface area contributed by atoms with Gasteiger partial charge < -0.3 is 29.9 Å². The number of aromatic nitrogens is 1. The van der Waals surface area contributed by atoms with Gasteiger partial charge in [-0.15, -0.1) is 24.0 Å². The van der Waals surface area contributed by atoms with Crippen molar-refractivity contribution in [2.75, 3.05) is 59.4 Å². The van der Waals surface area contributed by atoms with E-state index < -0.39 is 0 Å². The van der Waals surface area contributed by atoms with Crippen LogP contribution in [-0.2, 0) is 13.1 Å². The molecule has 8 nitrogen and oxygen atoms in total. The van der Waals surface area contributed by atoms with E-state index in [4.69, 9.17) is 9.47 Å². The summed E-state index contributed by atoms with van der Waals surface area (Å²) < 4.78 is 10.7. The molecule has 0 saturated carbocycles. The second kappa shape index (κ2) is 12.6. The van der Waals surface area contributed by atoms with Gasteiger partial charge in [-0.2, -0.15) is 0 Å². The minimum Gasteiger partial charge on any atom is -0.497 e. The van der Waals surface area contributed by atoms with E-state index in [9.17, 15) is 0 Å². The maximum atomic E-state index is 5.48. The molecule has 0 radical (unpaired) electrons. The Labute approximate surface area is 202 Å². The predicted octanol–water partition coefficient (Wildman–Crippen LogP) is 2.33. The summed E-state index contributed by atoms with van der Waals surface area (Å²) in [5.41, 5.74) is 2.19. The van der Waals surface area contributed by atoms with Gasteiger partial charge in [-0.25, -0.2) is 4.98 Å². The van der Waals surface area contributed by atoms with E-state index in [1.54, 1.807) is 21.3 Å². The van der Waals surface area contributed by atoms with Gasteiger partial charge in [0.1, 0.15) is 17.3 Å². The lowest BCUT2D eigenvalue weighted by Gasteiger charge is -2.34. The number of guanidine groups is 1. The molecule has 1 aliphatic heterocycles. The van der Waals surface area contributed by atoms with Crippen LogP contribution in [0.1, 0.15) is 11.1 Å². The van der Waals surface area contributed by atoms with Gasteiger partial charge in [0.05, 0.1) is 14.2 Å². The Morgan fingerprint density at radius 1 is 1.03 bits per heavy atom. The van der Waals surface area contributed by atoms with Gasteiger partial charge in [0, 0.05) is 69.7 Å². The third-order valence-electron chi connectivity index (χ3n) is 5.28. The maximum Gasteiger partial charge on any atom is 0.191 e. The summed E-state index contributed by atoms with van der Waals surface area (Å²) in [4.78, 5) is 13.7. The van der Waals surface area contributed by atoms with Crippen LogP contribution < -0.4 is 25.0 Å². The standard InChI is InChI=1S/C22H32N6O2.HI/c1-23-22(25-15-17-7-8-19(29-3)14-20(17)30-4)26-16-18-6-5-9-24-21(18)28-12-10-27(2)11-13-28;/h5-9,14H,10-13,15-16H2,1-4H3,(H2,23,25,26);1H. The molecule has 1 aromatic carbocycles. The first-order chi connectivity index (χ1) is 14.6. The summed E-state index contributed by atoms with van der Waals surface area (Å²) >= 11 is 0. The molecule has 0 bridgehead atoms. The third-order valence-corrected chi connectivity index (χ3v) is 5.28. The lowest BCUT2D eigenvalue weighted by atomic mass is 10.2. The minimum absolute atomic E-state index is 0. The van der Waals surface area contributed by atoms with Crippen molar-refractivity contribution in [1.29, 1.82) is 0 Å². The summed E-state index contributed by atoms with van der Waals surface area (Å²) in [5.74, 6) is 3.32. The van der Waals surface area contributed by atoms with Gasteiger partial charge in [-0.05, 0) is 25.2 Å². The molecule has 31 heavy (non-hydrogen) atoms. The molecule has 1 aromatic heterocycles. The predicted molar refractivity (Wildman–Crippen MR) is 136 cm³/mol. The molecule has 1 saturated heterocycles. The first-order valence-corrected chi connectivity index (χ1v) is 10.2. The Balaban J connectivity index is 0.00000341. The van der Waals surface area contributed by atoms with Crippen molar-refractivity contribution in [3.63, 3.8) is 0 Å². The topological polar surface area (TPSA) is 74.2 Å². The zero-order chi connectivity index (χ0) is 21.3. The van der Waals surface area contributed by atoms with Gasteiger partial charge >= 0.3 is 0 Å². The third kappa shape index (κ3) is 6.86. The Hall–Kier alpha value is -2.27. The van der Waals surface area contributed by atoms with Crippen LogP contribution in [0.3, 0.4) is 0 Å². The van der Waals surface area contributed by atoms with Crippen molar-refractivity contribution in [3.05, 3.63) is 47.7 Å². The van der Waals surface area contributed by atoms with Gasteiger partial charge in [0.2, 0.25) is 0 Å². The average Bonchev–Trinajstić information content (AvgIpc) is 2.80. The lowest BCUT2D eigenvalue weighted by Crippen LogP contribution is -2.45.